The lowest BCUT2D eigenvalue weighted by atomic mass is 10.0. The van der Waals surface area contributed by atoms with Crippen LogP contribution >= 0.6 is 0 Å². The number of carbonyl (C=O) groups is 1. The third-order valence-electron chi connectivity index (χ3n) is 2.90. The van der Waals surface area contributed by atoms with E-state index in [1.54, 1.807) is 0 Å². The Morgan fingerprint density at radius 3 is 2.83 bits per heavy atom. The van der Waals surface area contributed by atoms with Gasteiger partial charge in [-0.1, -0.05) is 41.9 Å². The van der Waals surface area contributed by atoms with Gasteiger partial charge in [0.2, 0.25) is 6.10 Å². The fraction of sp³-hybridized carbons (Fsp3) is 0.429. The molecule has 18 heavy (non-hydrogen) atoms. The molecule has 4 heteroatoms. The minimum Gasteiger partial charge on any atom is -0.382 e. The summed E-state index contributed by atoms with van der Waals surface area (Å²) in [6.07, 6.45) is 0.982. The van der Waals surface area contributed by atoms with Gasteiger partial charge in [0.05, 0.1) is 5.71 Å². The molecule has 0 spiro atoms. The van der Waals surface area contributed by atoms with Crippen LogP contribution in [0.1, 0.15) is 30.9 Å². The van der Waals surface area contributed by atoms with Gasteiger partial charge in [0, 0.05) is 13.0 Å². The fourth-order valence-electron chi connectivity index (χ4n) is 1.80. The number of nitrogens with zero attached hydrogens (tertiary/aromatic N) is 1. The predicted octanol–water partition coefficient (Wildman–Crippen LogP) is 2.01. The molecule has 1 N–H and O–H groups in total. The average Bonchev–Trinajstić information content (AvgIpc) is 2.86. The number of benzene rings is 1. The van der Waals surface area contributed by atoms with Crippen LogP contribution in [0.25, 0.3) is 0 Å². The van der Waals surface area contributed by atoms with E-state index >= 15 is 0 Å². The lowest BCUT2D eigenvalue weighted by Gasteiger charge is -2.08. The highest BCUT2D eigenvalue weighted by atomic mass is 16.6. The second kappa shape index (κ2) is 5.67. The molecule has 0 bridgehead atoms. The molecule has 0 fully saturated rings. The van der Waals surface area contributed by atoms with E-state index in [0.29, 0.717) is 13.0 Å². The van der Waals surface area contributed by atoms with Gasteiger partial charge in [0.15, 0.2) is 0 Å². The van der Waals surface area contributed by atoms with Crippen molar-refractivity contribution in [1.29, 1.82) is 0 Å². The van der Waals surface area contributed by atoms with Crippen molar-refractivity contribution in [2.75, 3.05) is 6.54 Å². The average molecular weight is 246 g/mol. The normalized spacial score (nSPS) is 18.1. The Bertz CT molecular complexity index is 451. The second-order valence-electron chi connectivity index (χ2n) is 4.49. The predicted molar refractivity (Wildman–Crippen MR) is 70.5 cm³/mol. The summed E-state index contributed by atoms with van der Waals surface area (Å²) in [5, 5.41) is 6.82. The summed E-state index contributed by atoms with van der Waals surface area (Å²) in [6.45, 7) is 4.74. The molecule has 0 radical (unpaired) electrons. The summed E-state index contributed by atoms with van der Waals surface area (Å²) in [7, 11) is 0. The van der Waals surface area contributed by atoms with E-state index in [0.717, 1.165) is 17.7 Å². The van der Waals surface area contributed by atoms with Gasteiger partial charge in [-0.3, -0.25) is 4.79 Å². The van der Waals surface area contributed by atoms with Crippen molar-refractivity contribution < 1.29 is 9.63 Å². The van der Waals surface area contributed by atoms with Crippen molar-refractivity contribution in [2.24, 2.45) is 5.16 Å². The van der Waals surface area contributed by atoms with Crippen LogP contribution in [0.3, 0.4) is 0 Å². The molecule has 1 aromatic rings. The highest BCUT2D eigenvalue weighted by Crippen LogP contribution is 2.17. The molecule has 1 amide bonds. The summed E-state index contributed by atoms with van der Waals surface area (Å²) in [4.78, 5) is 16.9. The third-order valence-corrected chi connectivity index (χ3v) is 2.90. The molecule has 1 heterocycles. The van der Waals surface area contributed by atoms with Gasteiger partial charge in [0.25, 0.3) is 5.91 Å². The first-order valence-corrected chi connectivity index (χ1v) is 6.28. The van der Waals surface area contributed by atoms with Crippen molar-refractivity contribution >= 4 is 11.6 Å². The number of carbonyl (C=O) groups excluding carboxylic acids is 1. The van der Waals surface area contributed by atoms with E-state index in [9.17, 15) is 4.79 Å². The lowest BCUT2D eigenvalue weighted by Crippen LogP contribution is -2.35. The van der Waals surface area contributed by atoms with Gasteiger partial charge in [0.1, 0.15) is 0 Å². The molecule has 0 aliphatic carbocycles. The Morgan fingerprint density at radius 1 is 1.44 bits per heavy atom. The number of rotatable bonds is 4. The maximum absolute atomic E-state index is 11.7. The largest absolute Gasteiger partial charge is 0.382 e. The minimum absolute atomic E-state index is 0.0808. The Balaban J connectivity index is 1.95. The number of oxime groups is 1. The molecular formula is C14H18N2O2. The van der Waals surface area contributed by atoms with Gasteiger partial charge in [-0.25, -0.2) is 0 Å². The first-order valence-electron chi connectivity index (χ1n) is 6.28. The van der Waals surface area contributed by atoms with E-state index in [1.165, 1.54) is 5.56 Å². The van der Waals surface area contributed by atoms with Crippen LogP contribution in [0.5, 0.6) is 0 Å². The van der Waals surface area contributed by atoms with E-state index < -0.39 is 6.10 Å². The minimum atomic E-state index is -0.479. The molecule has 1 atom stereocenters. The van der Waals surface area contributed by atoms with Crippen LogP contribution in [0, 0.1) is 6.92 Å². The molecule has 96 valence electrons. The van der Waals surface area contributed by atoms with E-state index in [2.05, 4.69) is 10.5 Å². The molecule has 1 aliphatic heterocycles. The zero-order valence-corrected chi connectivity index (χ0v) is 10.8. The van der Waals surface area contributed by atoms with Gasteiger partial charge >= 0.3 is 0 Å². The quantitative estimate of drug-likeness (QED) is 0.883. The van der Waals surface area contributed by atoms with Crippen LogP contribution in [0.2, 0.25) is 0 Å². The van der Waals surface area contributed by atoms with Gasteiger partial charge in [-0.2, -0.15) is 0 Å². The van der Waals surface area contributed by atoms with Crippen LogP contribution in [-0.4, -0.2) is 24.3 Å². The maximum Gasteiger partial charge on any atom is 0.264 e. The Morgan fingerprint density at radius 2 is 2.17 bits per heavy atom. The lowest BCUT2D eigenvalue weighted by molar-refractivity contribution is -0.131. The van der Waals surface area contributed by atoms with Crippen molar-refractivity contribution in [1.82, 2.24) is 5.32 Å². The molecular weight excluding hydrogens is 228 g/mol. The highest BCUT2D eigenvalue weighted by molar-refractivity contribution is 6.04. The molecule has 1 aromatic carbocycles. The summed E-state index contributed by atoms with van der Waals surface area (Å²) in [6, 6.07) is 8.07. The monoisotopic (exact) mass is 246 g/mol. The topological polar surface area (TPSA) is 50.7 Å². The summed E-state index contributed by atoms with van der Waals surface area (Å²) in [5.41, 5.74) is 3.06. The van der Waals surface area contributed by atoms with Gasteiger partial charge in [-0.15, -0.1) is 0 Å². The van der Waals surface area contributed by atoms with Crippen molar-refractivity contribution in [3.8, 4) is 0 Å². The number of hydrogen-bond acceptors (Lipinski definition) is 3. The fourth-order valence-corrected chi connectivity index (χ4v) is 1.80. The van der Waals surface area contributed by atoms with Crippen LogP contribution in [-0.2, 0) is 9.63 Å². The summed E-state index contributed by atoms with van der Waals surface area (Å²) < 4.78 is 0. The summed E-state index contributed by atoms with van der Waals surface area (Å²) in [5.74, 6) is -0.0808. The smallest absolute Gasteiger partial charge is 0.264 e. The number of hydrogen-bond donors (Lipinski definition) is 1. The van der Waals surface area contributed by atoms with E-state index in [-0.39, 0.29) is 5.91 Å². The Kier molecular flexibility index (Phi) is 3.97. The molecule has 1 aliphatic rings. The van der Waals surface area contributed by atoms with Crippen LogP contribution in [0.15, 0.2) is 29.4 Å². The molecule has 0 saturated heterocycles. The first kappa shape index (κ1) is 12.6. The van der Waals surface area contributed by atoms with Gasteiger partial charge < -0.3 is 10.2 Å². The van der Waals surface area contributed by atoms with E-state index in [4.69, 9.17) is 4.84 Å². The first-order chi connectivity index (χ1) is 8.70. The zero-order chi connectivity index (χ0) is 13.0. The highest BCUT2D eigenvalue weighted by Gasteiger charge is 2.28. The molecule has 0 saturated carbocycles. The summed E-state index contributed by atoms with van der Waals surface area (Å²) >= 11 is 0. The van der Waals surface area contributed by atoms with Crippen molar-refractivity contribution in [3.05, 3.63) is 35.4 Å². The second-order valence-corrected chi connectivity index (χ2v) is 4.49. The standard InChI is InChI=1S/C14H18N2O2/c1-3-8-15-14(17)13-9-12(16-18-13)11-6-4-10(2)5-7-11/h4-7,13H,3,8-9H2,1-2H3,(H,15,17)/t13-/m0/s1. The van der Waals surface area contributed by atoms with E-state index in [1.807, 2.05) is 38.1 Å². The maximum atomic E-state index is 11.7. The van der Waals surface area contributed by atoms with Crippen molar-refractivity contribution in [2.45, 2.75) is 32.8 Å². The molecule has 2 rings (SSSR count). The molecule has 0 unspecified atom stereocenters. The Labute approximate surface area is 107 Å². The Hall–Kier alpha value is -1.84. The van der Waals surface area contributed by atoms with Crippen LogP contribution < -0.4 is 5.32 Å². The zero-order valence-electron chi connectivity index (χ0n) is 10.8. The number of amides is 1. The van der Waals surface area contributed by atoms with Crippen LogP contribution in [0.4, 0.5) is 0 Å². The SMILES string of the molecule is CCCNC(=O)[C@@H]1CC(c2ccc(C)cc2)=NO1. The number of nitrogens with one attached hydrogen (secondary N) is 1. The van der Waals surface area contributed by atoms with Crippen molar-refractivity contribution in [3.63, 3.8) is 0 Å². The van der Waals surface area contributed by atoms with Gasteiger partial charge in [-0.05, 0) is 18.9 Å². The molecule has 0 aromatic heterocycles. The third kappa shape index (κ3) is 2.88. The molecule has 4 nitrogen and oxygen atoms in total. The number of aryl methyl sites for hydroxylation is 1.